The molecule has 2 amide bonds. The first-order chi connectivity index (χ1) is 15.0. The van der Waals surface area contributed by atoms with Gasteiger partial charge in [-0.05, 0) is 41.3 Å². The number of carbonyl (C=O) groups excluding carboxylic acids is 2. The summed E-state index contributed by atoms with van der Waals surface area (Å²) in [5, 5.41) is 15.5. The van der Waals surface area contributed by atoms with Crippen molar-refractivity contribution in [3.05, 3.63) is 59.2 Å². The maximum Gasteiger partial charge on any atom is 0.254 e. The first-order valence-corrected chi connectivity index (χ1v) is 10.5. The van der Waals surface area contributed by atoms with Gasteiger partial charge in [-0.2, -0.15) is 5.26 Å². The van der Waals surface area contributed by atoms with Crippen LogP contribution < -0.4 is 10.6 Å². The maximum absolute atomic E-state index is 12.4. The maximum atomic E-state index is 12.4. The number of nitriles is 1. The van der Waals surface area contributed by atoms with Gasteiger partial charge >= 0.3 is 0 Å². The van der Waals surface area contributed by atoms with E-state index < -0.39 is 12.1 Å². The van der Waals surface area contributed by atoms with Crippen LogP contribution in [0.2, 0.25) is 0 Å². The molecule has 1 fully saturated rings. The van der Waals surface area contributed by atoms with E-state index in [1.54, 1.807) is 11.9 Å². The van der Waals surface area contributed by atoms with Gasteiger partial charge in [-0.1, -0.05) is 36.4 Å². The van der Waals surface area contributed by atoms with Crippen molar-refractivity contribution in [3.8, 4) is 17.2 Å². The summed E-state index contributed by atoms with van der Waals surface area (Å²) in [5.41, 5.74) is 4.74. The van der Waals surface area contributed by atoms with Crippen LogP contribution in [-0.2, 0) is 22.5 Å². The number of ether oxygens (including phenoxy) is 1. The third-order valence-corrected chi connectivity index (χ3v) is 5.73. The largest absolute Gasteiger partial charge is 0.367 e. The molecule has 0 aromatic heterocycles. The fourth-order valence-electron chi connectivity index (χ4n) is 3.97. The van der Waals surface area contributed by atoms with Crippen LogP contribution in [0.1, 0.15) is 27.9 Å². The molecule has 7 nitrogen and oxygen atoms in total. The highest BCUT2D eigenvalue weighted by Crippen LogP contribution is 2.28. The first-order valence-electron chi connectivity index (χ1n) is 10.5. The Morgan fingerprint density at radius 2 is 2.06 bits per heavy atom. The summed E-state index contributed by atoms with van der Waals surface area (Å²) >= 11 is 0. The minimum absolute atomic E-state index is 0.0499. The number of carbonyl (C=O) groups is 2. The van der Waals surface area contributed by atoms with E-state index in [1.165, 1.54) is 0 Å². The topological polar surface area (TPSA) is 94.5 Å². The van der Waals surface area contributed by atoms with E-state index in [0.717, 1.165) is 40.8 Å². The number of nitrogens with one attached hydrogen (secondary N) is 2. The van der Waals surface area contributed by atoms with Gasteiger partial charge in [0.05, 0.1) is 6.07 Å². The lowest BCUT2D eigenvalue weighted by molar-refractivity contribution is -0.132. The van der Waals surface area contributed by atoms with Crippen molar-refractivity contribution < 1.29 is 14.3 Å². The van der Waals surface area contributed by atoms with E-state index in [4.69, 9.17) is 4.74 Å². The molecule has 1 saturated heterocycles. The van der Waals surface area contributed by atoms with Gasteiger partial charge in [0.1, 0.15) is 12.1 Å². The number of amides is 2. The summed E-state index contributed by atoms with van der Waals surface area (Å²) in [7, 11) is 1.81. The van der Waals surface area contributed by atoms with Gasteiger partial charge in [0.25, 0.3) is 11.8 Å². The minimum atomic E-state index is -0.627. The van der Waals surface area contributed by atoms with E-state index in [2.05, 4.69) is 16.7 Å². The zero-order valence-electron chi connectivity index (χ0n) is 17.6. The summed E-state index contributed by atoms with van der Waals surface area (Å²) in [4.78, 5) is 26.4. The predicted octanol–water partition coefficient (Wildman–Crippen LogP) is 1.87. The van der Waals surface area contributed by atoms with Crippen LogP contribution >= 0.6 is 0 Å². The Balaban J connectivity index is 1.40. The monoisotopic (exact) mass is 418 g/mol. The number of nitrogens with zero attached hydrogens (tertiary/aromatic N) is 2. The van der Waals surface area contributed by atoms with Crippen molar-refractivity contribution in [3.63, 3.8) is 0 Å². The van der Waals surface area contributed by atoms with E-state index in [0.29, 0.717) is 26.1 Å². The molecule has 0 radical (unpaired) electrons. The molecular weight excluding hydrogens is 392 g/mol. The zero-order chi connectivity index (χ0) is 21.8. The predicted molar refractivity (Wildman–Crippen MR) is 116 cm³/mol. The van der Waals surface area contributed by atoms with Crippen LogP contribution in [0.3, 0.4) is 0 Å². The molecule has 2 aliphatic heterocycles. The molecule has 0 aliphatic carbocycles. The van der Waals surface area contributed by atoms with Gasteiger partial charge in [0, 0.05) is 38.7 Å². The van der Waals surface area contributed by atoms with Crippen molar-refractivity contribution in [1.29, 1.82) is 5.26 Å². The van der Waals surface area contributed by atoms with E-state index in [9.17, 15) is 14.9 Å². The van der Waals surface area contributed by atoms with E-state index in [1.807, 2.05) is 42.5 Å². The van der Waals surface area contributed by atoms with Crippen molar-refractivity contribution in [2.24, 2.45) is 0 Å². The molecule has 4 rings (SSSR count). The van der Waals surface area contributed by atoms with E-state index >= 15 is 0 Å². The second-order valence-corrected chi connectivity index (χ2v) is 8.04. The molecule has 160 valence electrons. The quantitative estimate of drug-likeness (QED) is 0.773. The minimum Gasteiger partial charge on any atom is -0.367 e. The van der Waals surface area contributed by atoms with Crippen LogP contribution in [0.15, 0.2) is 42.5 Å². The molecule has 0 unspecified atom stereocenters. The van der Waals surface area contributed by atoms with Crippen LogP contribution in [-0.4, -0.2) is 55.6 Å². The van der Waals surface area contributed by atoms with Gasteiger partial charge in [-0.3, -0.25) is 9.59 Å². The molecule has 0 bridgehead atoms. The molecule has 31 heavy (non-hydrogen) atoms. The van der Waals surface area contributed by atoms with Gasteiger partial charge in [0.2, 0.25) is 0 Å². The molecule has 0 spiro atoms. The zero-order valence-corrected chi connectivity index (χ0v) is 17.6. The van der Waals surface area contributed by atoms with Crippen LogP contribution in [0.25, 0.3) is 11.1 Å². The average Bonchev–Trinajstić information content (AvgIpc) is 2.96. The molecule has 2 atom stereocenters. The molecule has 7 heteroatoms. The van der Waals surface area contributed by atoms with Crippen molar-refractivity contribution in [1.82, 2.24) is 15.5 Å². The number of fused-ring (bicyclic) bond motifs is 1. The Hall–Kier alpha value is -3.21. The fourth-order valence-corrected chi connectivity index (χ4v) is 3.97. The smallest absolute Gasteiger partial charge is 0.254 e. The molecule has 2 N–H and O–H groups in total. The lowest BCUT2D eigenvalue weighted by Crippen LogP contribution is -2.46. The second-order valence-electron chi connectivity index (χ2n) is 8.04. The Labute approximate surface area is 182 Å². The van der Waals surface area contributed by atoms with Crippen molar-refractivity contribution >= 4 is 11.8 Å². The van der Waals surface area contributed by atoms with Gasteiger partial charge < -0.3 is 20.3 Å². The van der Waals surface area contributed by atoms with Crippen LogP contribution in [0.5, 0.6) is 0 Å². The highest BCUT2D eigenvalue weighted by molar-refractivity contribution is 5.99. The Bertz CT molecular complexity index is 1000. The number of benzene rings is 2. The number of hydrogen-bond acceptors (Lipinski definition) is 5. The molecular formula is C24H26N4O3. The molecule has 2 heterocycles. The molecule has 2 aliphatic rings. The highest BCUT2D eigenvalue weighted by Gasteiger charge is 2.25. The summed E-state index contributed by atoms with van der Waals surface area (Å²) in [6, 6.07) is 15.4. The number of rotatable bonds is 5. The third-order valence-electron chi connectivity index (χ3n) is 5.73. The lowest BCUT2D eigenvalue weighted by Gasteiger charge is -2.18. The third kappa shape index (κ3) is 4.76. The van der Waals surface area contributed by atoms with Gasteiger partial charge in [-0.15, -0.1) is 0 Å². The Morgan fingerprint density at radius 1 is 1.29 bits per heavy atom. The SMILES string of the molecule is CN1Cc2ccc(-c3ccc(C[C@H](C#N)NC(=O)[C@H]4CNCCCO4)cc3)cc2C1=O. The van der Waals surface area contributed by atoms with Crippen LogP contribution in [0.4, 0.5) is 0 Å². The first kappa shape index (κ1) is 21.0. The summed E-state index contributed by atoms with van der Waals surface area (Å²) < 4.78 is 5.56. The lowest BCUT2D eigenvalue weighted by atomic mass is 9.98. The summed E-state index contributed by atoms with van der Waals surface area (Å²) in [6.45, 7) is 2.47. The van der Waals surface area contributed by atoms with Crippen molar-refractivity contribution in [2.45, 2.75) is 31.5 Å². The Kier molecular flexibility index (Phi) is 6.31. The molecule has 0 saturated carbocycles. The number of hydrogen-bond donors (Lipinski definition) is 2. The molecule has 2 aromatic carbocycles. The summed E-state index contributed by atoms with van der Waals surface area (Å²) in [6.07, 6.45) is 0.713. The van der Waals surface area contributed by atoms with E-state index in [-0.39, 0.29) is 11.8 Å². The van der Waals surface area contributed by atoms with Crippen LogP contribution in [0, 0.1) is 11.3 Å². The van der Waals surface area contributed by atoms with Gasteiger partial charge in [-0.25, -0.2) is 0 Å². The standard InChI is InChI=1S/C24H26N4O3/c1-28-15-19-8-7-18(12-21(19)24(28)30)17-5-3-16(4-6-17)11-20(13-25)27-23(29)22-14-26-9-2-10-31-22/h3-8,12,20,22,26H,2,9-11,14-15H2,1H3,(H,27,29)/t20-,22-/m1/s1. The fraction of sp³-hybridized carbons (Fsp3) is 0.375. The van der Waals surface area contributed by atoms with Crippen molar-refractivity contribution in [2.75, 3.05) is 26.7 Å². The average molecular weight is 418 g/mol. The van der Waals surface area contributed by atoms with Gasteiger partial charge in [0.15, 0.2) is 0 Å². The summed E-state index contributed by atoms with van der Waals surface area (Å²) in [5.74, 6) is -0.209. The second kappa shape index (κ2) is 9.29. The normalized spacial score (nSPS) is 19.3. The molecule has 2 aromatic rings. The highest BCUT2D eigenvalue weighted by atomic mass is 16.5. The Morgan fingerprint density at radius 3 is 2.84 bits per heavy atom.